The average Bonchev–Trinajstić information content (AvgIpc) is 2.54. The van der Waals surface area contributed by atoms with Crippen LogP contribution < -0.4 is 18.9 Å². The van der Waals surface area contributed by atoms with E-state index in [1.807, 2.05) is 0 Å². The van der Waals surface area contributed by atoms with Crippen molar-refractivity contribution >= 4 is 27.3 Å². The van der Waals surface area contributed by atoms with E-state index in [0.29, 0.717) is 5.75 Å². The number of benzene rings is 2. The fourth-order valence-corrected chi connectivity index (χ4v) is 3.69. The molecular weight excluding hydrogens is 354 g/mol. The lowest BCUT2D eigenvalue weighted by atomic mass is 10.2. The first-order valence-electron chi connectivity index (χ1n) is 6.91. The third-order valence-corrected chi connectivity index (χ3v) is 5.01. The molecule has 24 heavy (non-hydrogen) atoms. The normalized spacial score (nSPS) is 11.0. The number of sulfonamides is 1. The second-order valence-corrected chi connectivity index (χ2v) is 7.00. The number of rotatable bonds is 6. The molecule has 0 saturated heterocycles. The molecule has 0 spiro atoms. The number of methoxy groups -OCH3 is 3. The maximum atomic E-state index is 12.7. The van der Waals surface area contributed by atoms with E-state index in [1.165, 1.54) is 39.5 Å². The van der Waals surface area contributed by atoms with Crippen LogP contribution in [-0.2, 0) is 10.0 Å². The third kappa shape index (κ3) is 3.68. The summed E-state index contributed by atoms with van der Waals surface area (Å²) in [4.78, 5) is 0.0268. The molecule has 0 amide bonds. The number of hydrogen-bond donors (Lipinski definition) is 1. The van der Waals surface area contributed by atoms with Crippen LogP contribution in [0.2, 0.25) is 5.02 Å². The second kappa shape index (κ2) is 7.19. The van der Waals surface area contributed by atoms with Gasteiger partial charge in [-0.25, -0.2) is 8.42 Å². The van der Waals surface area contributed by atoms with Crippen molar-refractivity contribution in [3.8, 4) is 17.2 Å². The average molecular weight is 372 g/mol. The molecule has 0 aliphatic rings. The van der Waals surface area contributed by atoms with Gasteiger partial charge in [0.2, 0.25) is 0 Å². The van der Waals surface area contributed by atoms with Crippen molar-refractivity contribution in [1.29, 1.82) is 0 Å². The van der Waals surface area contributed by atoms with Crippen LogP contribution in [0.4, 0.5) is 5.69 Å². The van der Waals surface area contributed by atoms with Crippen molar-refractivity contribution in [1.82, 2.24) is 0 Å². The number of nitrogens with one attached hydrogen (secondary N) is 1. The van der Waals surface area contributed by atoms with Gasteiger partial charge in [-0.2, -0.15) is 0 Å². The topological polar surface area (TPSA) is 73.9 Å². The Bertz CT molecular complexity index is 852. The Morgan fingerprint density at radius 1 is 0.917 bits per heavy atom. The Balaban J connectivity index is 2.51. The summed E-state index contributed by atoms with van der Waals surface area (Å²) in [5.74, 6) is 0.905. The monoisotopic (exact) mass is 371 g/mol. The van der Waals surface area contributed by atoms with Gasteiger partial charge >= 0.3 is 0 Å². The van der Waals surface area contributed by atoms with E-state index in [4.69, 9.17) is 25.8 Å². The van der Waals surface area contributed by atoms with E-state index in [0.717, 1.165) is 5.56 Å². The Labute approximate surface area is 146 Å². The van der Waals surface area contributed by atoms with Crippen LogP contribution in [0.5, 0.6) is 17.2 Å². The van der Waals surface area contributed by atoms with Gasteiger partial charge in [-0.3, -0.25) is 4.72 Å². The molecule has 0 fully saturated rings. The number of aryl methyl sites for hydroxylation is 1. The molecule has 130 valence electrons. The molecule has 0 atom stereocenters. The van der Waals surface area contributed by atoms with Gasteiger partial charge in [0.1, 0.15) is 22.1 Å². The van der Waals surface area contributed by atoms with Crippen molar-refractivity contribution < 1.29 is 22.6 Å². The highest BCUT2D eigenvalue weighted by Crippen LogP contribution is 2.37. The van der Waals surface area contributed by atoms with E-state index in [1.54, 1.807) is 19.1 Å². The molecule has 0 heterocycles. The smallest absolute Gasteiger partial charge is 0.265 e. The lowest BCUT2D eigenvalue weighted by Gasteiger charge is -2.16. The minimum Gasteiger partial charge on any atom is -0.495 e. The molecule has 0 aliphatic heterocycles. The first kappa shape index (κ1) is 18.2. The molecule has 0 aliphatic carbocycles. The summed E-state index contributed by atoms with van der Waals surface area (Å²) in [7, 11) is 0.394. The van der Waals surface area contributed by atoms with Gasteiger partial charge in [-0.15, -0.1) is 0 Å². The van der Waals surface area contributed by atoms with Gasteiger partial charge in [-0.05, 0) is 30.7 Å². The summed E-state index contributed by atoms with van der Waals surface area (Å²) in [5.41, 5.74) is 0.989. The summed E-state index contributed by atoms with van der Waals surface area (Å²) in [6.45, 7) is 1.79. The van der Waals surface area contributed by atoms with Gasteiger partial charge in [0.05, 0.1) is 32.0 Å². The minimum atomic E-state index is -3.90. The van der Waals surface area contributed by atoms with Crippen molar-refractivity contribution in [2.24, 2.45) is 0 Å². The van der Waals surface area contributed by atoms with Crippen LogP contribution in [0.3, 0.4) is 0 Å². The maximum absolute atomic E-state index is 12.7. The van der Waals surface area contributed by atoms with Gasteiger partial charge in [0, 0.05) is 6.07 Å². The molecule has 0 saturated carbocycles. The Morgan fingerprint density at radius 2 is 1.54 bits per heavy atom. The van der Waals surface area contributed by atoms with Crippen molar-refractivity contribution in [2.45, 2.75) is 11.8 Å². The van der Waals surface area contributed by atoms with Gasteiger partial charge in [-0.1, -0.05) is 17.7 Å². The van der Waals surface area contributed by atoms with Crippen LogP contribution in [-0.4, -0.2) is 29.7 Å². The van der Waals surface area contributed by atoms with E-state index < -0.39 is 10.0 Å². The largest absolute Gasteiger partial charge is 0.495 e. The van der Waals surface area contributed by atoms with Crippen LogP contribution in [0.25, 0.3) is 0 Å². The fourth-order valence-electron chi connectivity index (χ4n) is 2.13. The number of hydrogen-bond acceptors (Lipinski definition) is 5. The van der Waals surface area contributed by atoms with Crippen molar-refractivity contribution in [3.05, 3.63) is 40.9 Å². The van der Waals surface area contributed by atoms with Crippen molar-refractivity contribution in [3.63, 3.8) is 0 Å². The van der Waals surface area contributed by atoms with Crippen molar-refractivity contribution in [2.75, 3.05) is 26.1 Å². The molecule has 0 aromatic heterocycles. The molecule has 2 aromatic rings. The van der Waals surface area contributed by atoms with E-state index in [9.17, 15) is 8.42 Å². The van der Waals surface area contributed by atoms with Crippen LogP contribution >= 0.6 is 11.6 Å². The maximum Gasteiger partial charge on any atom is 0.265 e. The molecule has 0 unspecified atom stereocenters. The molecule has 0 radical (unpaired) electrons. The third-order valence-electron chi connectivity index (χ3n) is 3.33. The minimum absolute atomic E-state index is 0.0268. The molecule has 2 aromatic carbocycles. The molecular formula is C16H18ClNO5S. The summed E-state index contributed by atoms with van der Waals surface area (Å²) < 4.78 is 43.4. The highest BCUT2D eigenvalue weighted by atomic mass is 35.5. The highest BCUT2D eigenvalue weighted by molar-refractivity contribution is 7.92. The SMILES string of the molecule is COc1cc(OC)c(NS(=O)(=O)c2cc(C)ccc2OC)cc1Cl. The lowest BCUT2D eigenvalue weighted by Crippen LogP contribution is -2.15. The summed E-state index contributed by atoms with van der Waals surface area (Å²) >= 11 is 6.08. The van der Waals surface area contributed by atoms with Gasteiger partial charge < -0.3 is 14.2 Å². The van der Waals surface area contributed by atoms with E-state index in [-0.39, 0.29) is 27.1 Å². The van der Waals surface area contributed by atoms with E-state index >= 15 is 0 Å². The predicted octanol–water partition coefficient (Wildman–Crippen LogP) is 3.48. The standard InChI is InChI=1S/C16H18ClNO5S/c1-10-5-6-13(21-2)16(7-10)24(19,20)18-12-8-11(17)14(22-3)9-15(12)23-4/h5-9,18H,1-4H3. The van der Waals surface area contributed by atoms with E-state index in [2.05, 4.69) is 4.72 Å². The zero-order valence-corrected chi connectivity index (χ0v) is 15.3. The predicted molar refractivity (Wildman–Crippen MR) is 93.1 cm³/mol. The molecule has 8 heteroatoms. The summed E-state index contributed by atoms with van der Waals surface area (Å²) in [6, 6.07) is 7.83. The van der Waals surface area contributed by atoms with Crippen LogP contribution in [0.1, 0.15) is 5.56 Å². The van der Waals surface area contributed by atoms with Crippen LogP contribution in [0.15, 0.2) is 35.2 Å². The Kier molecular flexibility index (Phi) is 5.46. The van der Waals surface area contributed by atoms with Crippen LogP contribution in [0, 0.1) is 6.92 Å². The lowest BCUT2D eigenvalue weighted by molar-refractivity contribution is 0.395. The molecule has 6 nitrogen and oxygen atoms in total. The fraction of sp³-hybridized carbons (Fsp3) is 0.250. The number of ether oxygens (including phenoxy) is 3. The Hall–Kier alpha value is -2.12. The zero-order valence-electron chi connectivity index (χ0n) is 13.7. The first-order valence-corrected chi connectivity index (χ1v) is 8.77. The summed E-state index contributed by atoms with van der Waals surface area (Å²) in [5, 5.41) is 0.257. The quantitative estimate of drug-likeness (QED) is 0.841. The summed E-state index contributed by atoms with van der Waals surface area (Å²) in [6.07, 6.45) is 0. The second-order valence-electron chi connectivity index (χ2n) is 4.95. The van der Waals surface area contributed by atoms with Gasteiger partial charge in [0.15, 0.2) is 0 Å². The molecule has 1 N–H and O–H groups in total. The highest BCUT2D eigenvalue weighted by Gasteiger charge is 2.22. The first-order chi connectivity index (χ1) is 11.3. The molecule has 2 rings (SSSR count). The Morgan fingerprint density at radius 3 is 2.12 bits per heavy atom. The zero-order chi connectivity index (χ0) is 17.9. The number of halogens is 1. The van der Waals surface area contributed by atoms with Gasteiger partial charge in [0.25, 0.3) is 10.0 Å². The number of anilines is 1. The molecule has 0 bridgehead atoms.